The molecule has 2 heterocycles. The number of aromatic amines is 1. The first-order valence-electron chi connectivity index (χ1n) is 5.45. The fourth-order valence-electron chi connectivity index (χ4n) is 2.31. The van der Waals surface area contributed by atoms with Crippen LogP contribution in [0.2, 0.25) is 0 Å². The third kappa shape index (κ3) is 1.46. The third-order valence-electron chi connectivity index (χ3n) is 3.19. The number of nitrogens with one attached hydrogen (secondary N) is 2. The van der Waals surface area contributed by atoms with Crippen molar-refractivity contribution in [2.45, 2.75) is 5.92 Å². The second kappa shape index (κ2) is 3.48. The van der Waals surface area contributed by atoms with Gasteiger partial charge in [-0.3, -0.25) is 14.6 Å². The number of aromatic nitrogens is 2. The van der Waals surface area contributed by atoms with Gasteiger partial charge < -0.3 is 5.32 Å². The molecule has 1 atom stereocenters. The standard InChI is InChI=1S/C12H12FN3O/c1-16-12(17)10-9(6-14-11(10)15-16)7-2-4-8(13)5-3-7/h2-5,9,14-15H,6H2,1H3/t9-/m0/s1. The van der Waals surface area contributed by atoms with E-state index >= 15 is 0 Å². The highest BCUT2D eigenvalue weighted by atomic mass is 19.1. The molecule has 88 valence electrons. The molecule has 0 amide bonds. The van der Waals surface area contributed by atoms with Crippen LogP contribution >= 0.6 is 0 Å². The molecule has 0 saturated heterocycles. The Morgan fingerprint density at radius 2 is 2.06 bits per heavy atom. The Bertz CT molecular complexity index is 612. The van der Waals surface area contributed by atoms with E-state index in [0.29, 0.717) is 6.54 Å². The predicted octanol–water partition coefficient (Wildman–Crippen LogP) is 1.41. The first kappa shape index (κ1) is 10.1. The maximum Gasteiger partial charge on any atom is 0.272 e. The Morgan fingerprint density at radius 3 is 2.76 bits per heavy atom. The van der Waals surface area contributed by atoms with E-state index in [4.69, 9.17) is 0 Å². The van der Waals surface area contributed by atoms with E-state index in [2.05, 4.69) is 10.4 Å². The number of nitrogens with zero attached hydrogens (tertiary/aromatic N) is 1. The molecular formula is C12H12FN3O. The van der Waals surface area contributed by atoms with Gasteiger partial charge in [0.2, 0.25) is 0 Å². The average molecular weight is 233 g/mol. The fraction of sp³-hybridized carbons (Fsp3) is 0.250. The maximum atomic E-state index is 12.9. The fourth-order valence-corrected chi connectivity index (χ4v) is 2.31. The highest BCUT2D eigenvalue weighted by Gasteiger charge is 2.29. The van der Waals surface area contributed by atoms with Gasteiger partial charge in [-0.25, -0.2) is 4.39 Å². The predicted molar refractivity (Wildman–Crippen MR) is 62.8 cm³/mol. The van der Waals surface area contributed by atoms with Crippen molar-refractivity contribution in [3.05, 3.63) is 51.6 Å². The van der Waals surface area contributed by atoms with E-state index in [-0.39, 0.29) is 17.3 Å². The zero-order chi connectivity index (χ0) is 12.0. The lowest BCUT2D eigenvalue weighted by molar-refractivity contribution is 0.626. The van der Waals surface area contributed by atoms with Crippen LogP contribution in [0.4, 0.5) is 10.2 Å². The van der Waals surface area contributed by atoms with Crippen molar-refractivity contribution in [1.29, 1.82) is 0 Å². The van der Waals surface area contributed by atoms with Crippen LogP contribution in [0.1, 0.15) is 17.0 Å². The van der Waals surface area contributed by atoms with Gasteiger partial charge in [0, 0.05) is 19.5 Å². The molecule has 0 spiro atoms. The van der Waals surface area contributed by atoms with Crippen molar-refractivity contribution < 1.29 is 4.39 Å². The number of H-pyrrole nitrogens is 1. The van der Waals surface area contributed by atoms with Crippen LogP contribution in [0.3, 0.4) is 0 Å². The molecule has 4 nitrogen and oxygen atoms in total. The molecular weight excluding hydrogens is 221 g/mol. The van der Waals surface area contributed by atoms with E-state index in [1.807, 2.05) is 0 Å². The van der Waals surface area contributed by atoms with Crippen molar-refractivity contribution >= 4 is 5.82 Å². The van der Waals surface area contributed by atoms with Crippen LogP contribution in [0, 0.1) is 5.82 Å². The van der Waals surface area contributed by atoms with Gasteiger partial charge in [-0.05, 0) is 17.7 Å². The summed E-state index contributed by atoms with van der Waals surface area (Å²) in [5, 5.41) is 6.11. The van der Waals surface area contributed by atoms with Crippen molar-refractivity contribution in [2.75, 3.05) is 11.9 Å². The summed E-state index contributed by atoms with van der Waals surface area (Å²) in [6.07, 6.45) is 0. The largest absolute Gasteiger partial charge is 0.369 e. The number of rotatable bonds is 1. The van der Waals surface area contributed by atoms with Crippen LogP contribution in [-0.4, -0.2) is 16.3 Å². The molecule has 2 aromatic rings. The van der Waals surface area contributed by atoms with E-state index in [9.17, 15) is 9.18 Å². The molecule has 1 aromatic heterocycles. The summed E-state index contributed by atoms with van der Waals surface area (Å²) >= 11 is 0. The molecule has 0 saturated carbocycles. The normalized spacial score (nSPS) is 17.9. The van der Waals surface area contributed by atoms with Crippen LogP contribution in [0.15, 0.2) is 29.1 Å². The van der Waals surface area contributed by atoms with Gasteiger partial charge in [0.15, 0.2) is 0 Å². The molecule has 1 aromatic carbocycles. The van der Waals surface area contributed by atoms with Gasteiger partial charge in [0.25, 0.3) is 5.56 Å². The summed E-state index contributed by atoms with van der Waals surface area (Å²) < 4.78 is 14.3. The minimum absolute atomic E-state index is 0.00412. The van der Waals surface area contributed by atoms with E-state index in [0.717, 1.165) is 16.9 Å². The third-order valence-corrected chi connectivity index (χ3v) is 3.19. The lowest BCUT2D eigenvalue weighted by Crippen LogP contribution is -2.19. The summed E-state index contributed by atoms with van der Waals surface area (Å²) in [7, 11) is 1.68. The maximum absolute atomic E-state index is 12.9. The van der Waals surface area contributed by atoms with E-state index in [1.54, 1.807) is 19.2 Å². The number of benzene rings is 1. The minimum Gasteiger partial charge on any atom is -0.369 e. The smallest absolute Gasteiger partial charge is 0.272 e. The van der Waals surface area contributed by atoms with Gasteiger partial charge in [-0.1, -0.05) is 12.1 Å². The van der Waals surface area contributed by atoms with Gasteiger partial charge >= 0.3 is 0 Å². The van der Waals surface area contributed by atoms with Crippen LogP contribution in [0.5, 0.6) is 0 Å². The first-order valence-corrected chi connectivity index (χ1v) is 5.45. The second-order valence-electron chi connectivity index (χ2n) is 4.25. The minimum atomic E-state index is -0.262. The summed E-state index contributed by atoms with van der Waals surface area (Å²) in [4.78, 5) is 11.9. The Balaban J connectivity index is 2.09. The van der Waals surface area contributed by atoms with E-state index < -0.39 is 0 Å². The molecule has 0 radical (unpaired) electrons. The summed E-state index contributed by atoms with van der Waals surface area (Å²) in [5.74, 6) is 0.504. The first-order chi connectivity index (χ1) is 8.16. The van der Waals surface area contributed by atoms with Crippen molar-refractivity contribution in [3.8, 4) is 0 Å². The average Bonchev–Trinajstić information content (AvgIpc) is 2.83. The molecule has 17 heavy (non-hydrogen) atoms. The van der Waals surface area contributed by atoms with Crippen molar-refractivity contribution in [2.24, 2.45) is 7.05 Å². The molecule has 3 rings (SSSR count). The monoisotopic (exact) mass is 233 g/mol. The Kier molecular flexibility index (Phi) is 2.07. The lowest BCUT2D eigenvalue weighted by Gasteiger charge is -2.08. The number of fused-ring (bicyclic) bond motifs is 1. The second-order valence-corrected chi connectivity index (χ2v) is 4.25. The van der Waals surface area contributed by atoms with Crippen LogP contribution < -0.4 is 10.9 Å². The number of halogens is 1. The van der Waals surface area contributed by atoms with Crippen LogP contribution in [-0.2, 0) is 7.05 Å². The Labute approximate surface area is 97.1 Å². The Hall–Kier alpha value is -2.04. The molecule has 0 bridgehead atoms. The molecule has 1 aliphatic heterocycles. The number of anilines is 1. The van der Waals surface area contributed by atoms with Gasteiger partial charge in [0.1, 0.15) is 11.6 Å². The molecule has 2 N–H and O–H groups in total. The summed E-state index contributed by atoms with van der Waals surface area (Å²) in [5.41, 5.74) is 1.66. The summed E-state index contributed by atoms with van der Waals surface area (Å²) in [6.45, 7) is 0.670. The lowest BCUT2D eigenvalue weighted by atomic mass is 9.95. The quantitative estimate of drug-likeness (QED) is 0.782. The van der Waals surface area contributed by atoms with Crippen LogP contribution in [0.25, 0.3) is 0 Å². The molecule has 0 aliphatic carbocycles. The zero-order valence-electron chi connectivity index (χ0n) is 9.33. The molecule has 0 unspecified atom stereocenters. The zero-order valence-corrected chi connectivity index (χ0v) is 9.33. The van der Waals surface area contributed by atoms with Crippen molar-refractivity contribution in [3.63, 3.8) is 0 Å². The topological polar surface area (TPSA) is 49.8 Å². The highest BCUT2D eigenvalue weighted by molar-refractivity contribution is 5.55. The van der Waals surface area contributed by atoms with Gasteiger partial charge in [-0.2, -0.15) is 0 Å². The number of hydrogen-bond donors (Lipinski definition) is 2. The molecule has 5 heteroatoms. The summed E-state index contributed by atoms with van der Waals surface area (Å²) in [6, 6.07) is 6.29. The van der Waals surface area contributed by atoms with E-state index in [1.165, 1.54) is 16.8 Å². The van der Waals surface area contributed by atoms with Gasteiger partial charge in [0.05, 0.1) is 5.56 Å². The van der Waals surface area contributed by atoms with Crippen molar-refractivity contribution in [1.82, 2.24) is 9.78 Å². The number of hydrogen-bond acceptors (Lipinski definition) is 2. The number of aryl methyl sites for hydroxylation is 1. The Morgan fingerprint density at radius 1 is 1.35 bits per heavy atom. The molecule has 0 fully saturated rings. The SMILES string of the molecule is Cn1[nH]c2c(c1=O)[C@H](c1ccc(F)cc1)CN2. The highest BCUT2D eigenvalue weighted by Crippen LogP contribution is 2.32. The van der Waals surface area contributed by atoms with Gasteiger partial charge in [-0.15, -0.1) is 0 Å². The molecule has 1 aliphatic rings.